The van der Waals surface area contributed by atoms with Crippen molar-refractivity contribution in [1.82, 2.24) is 9.97 Å². The molecule has 0 saturated carbocycles. The zero-order valence-corrected chi connectivity index (χ0v) is 10.5. The third-order valence-electron chi connectivity index (χ3n) is 3.16. The number of nitrogens with one attached hydrogen (secondary N) is 1. The first kappa shape index (κ1) is 12.5. The standard InChI is InChI=1S/C13H11N3O4/c17-13-10-7-20-5-4-11(10)14-12(15-13)8-2-1-3-9(6-8)16(18)19/h1-3,6H,4-5,7H2,(H,14,15,17). The van der Waals surface area contributed by atoms with Crippen LogP contribution in [0.15, 0.2) is 29.1 Å². The summed E-state index contributed by atoms with van der Waals surface area (Å²) in [5.74, 6) is 0.347. The minimum absolute atomic E-state index is 0.0359. The van der Waals surface area contributed by atoms with Gasteiger partial charge in [-0.3, -0.25) is 14.9 Å². The van der Waals surface area contributed by atoms with Gasteiger partial charge in [0.15, 0.2) is 0 Å². The Labute approximate surface area is 113 Å². The van der Waals surface area contributed by atoms with Crippen molar-refractivity contribution in [3.63, 3.8) is 0 Å². The number of nitro benzene ring substituents is 1. The Kier molecular flexibility index (Phi) is 3.03. The van der Waals surface area contributed by atoms with Gasteiger partial charge in [0.25, 0.3) is 11.2 Å². The average Bonchev–Trinajstić information content (AvgIpc) is 2.47. The smallest absolute Gasteiger partial charge is 0.270 e. The number of aromatic amines is 1. The number of ether oxygens (including phenoxy) is 1. The average molecular weight is 273 g/mol. The number of nitro groups is 1. The third-order valence-corrected chi connectivity index (χ3v) is 3.16. The van der Waals surface area contributed by atoms with Crippen molar-refractivity contribution in [2.24, 2.45) is 0 Å². The zero-order valence-electron chi connectivity index (χ0n) is 10.5. The fraction of sp³-hybridized carbons (Fsp3) is 0.231. The van der Waals surface area contributed by atoms with E-state index in [0.717, 1.165) is 0 Å². The lowest BCUT2D eigenvalue weighted by atomic mass is 10.1. The Morgan fingerprint density at radius 1 is 1.40 bits per heavy atom. The Balaban J connectivity index is 2.11. The van der Waals surface area contributed by atoms with Crippen LogP contribution < -0.4 is 5.56 Å². The van der Waals surface area contributed by atoms with Crippen molar-refractivity contribution < 1.29 is 9.66 Å². The third kappa shape index (κ3) is 2.19. The van der Waals surface area contributed by atoms with E-state index in [9.17, 15) is 14.9 Å². The lowest BCUT2D eigenvalue weighted by Crippen LogP contribution is -2.24. The van der Waals surface area contributed by atoms with Crippen LogP contribution in [-0.4, -0.2) is 21.5 Å². The van der Waals surface area contributed by atoms with Gasteiger partial charge in [-0.05, 0) is 0 Å². The van der Waals surface area contributed by atoms with Crippen molar-refractivity contribution in [3.8, 4) is 11.4 Å². The summed E-state index contributed by atoms with van der Waals surface area (Å²) in [4.78, 5) is 29.3. The summed E-state index contributed by atoms with van der Waals surface area (Å²) in [6, 6.07) is 6.03. The molecule has 2 heterocycles. The molecule has 0 atom stereocenters. The quantitative estimate of drug-likeness (QED) is 0.659. The van der Waals surface area contributed by atoms with Gasteiger partial charge in [0.2, 0.25) is 0 Å². The van der Waals surface area contributed by atoms with Crippen LogP contribution in [0.25, 0.3) is 11.4 Å². The van der Waals surface area contributed by atoms with Gasteiger partial charge in [-0.25, -0.2) is 4.98 Å². The number of hydrogen-bond acceptors (Lipinski definition) is 5. The summed E-state index contributed by atoms with van der Waals surface area (Å²) in [5.41, 5.74) is 1.46. The first-order valence-electron chi connectivity index (χ1n) is 6.10. The monoisotopic (exact) mass is 273 g/mol. The highest BCUT2D eigenvalue weighted by molar-refractivity contribution is 5.59. The van der Waals surface area contributed by atoms with Crippen molar-refractivity contribution in [3.05, 3.63) is 56.0 Å². The molecule has 0 radical (unpaired) electrons. The number of H-pyrrole nitrogens is 1. The first-order valence-corrected chi connectivity index (χ1v) is 6.10. The molecule has 0 aliphatic carbocycles. The van der Waals surface area contributed by atoms with Gasteiger partial charge < -0.3 is 9.72 Å². The molecule has 0 fully saturated rings. The van der Waals surface area contributed by atoms with E-state index < -0.39 is 4.92 Å². The highest BCUT2D eigenvalue weighted by atomic mass is 16.6. The number of fused-ring (bicyclic) bond motifs is 1. The van der Waals surface area contributed by atoms with Gasteiger partial charge in [0, 0.05) is 24.1 Å². The van der Waals surface area contributed by atoms with E-state index >= 15 is 0 Å². The van der Waals surface area contributed by atoms with Crippen LogP contribution in [0.1, 0.15) is 11.3 Å². The van der Waals surface area contributed by atoms with Gasteiger partial charge in [-0.1, -0.05) is 12.1 Å². The lowest BCUT2D eigenvalue weighted by Gasteiger charge is -2.15. The second-order valence-corrected chi connectivity index (χ2v) is 4.45. The van der Waals surface area contributed by atoms with Gasteiger partial charge in [0.05, 0.1) is 29.4 Å². The summed E-state index contributed by atoms with van der Waals surface area (Å²) in [5, 5.41) is 10.8. The minimum Gasteiger partial charge on any atom is -0.376 e. The Hall–Kier alpha value is -2.54. The van der Waals surface area contributed by atoms with Gasteiger partial charge >= 0.3 is 0 Å². The molecular formula is C13H11N3O4. The largest absolute Gasteiger partial charge is 0.376 e. The van der Waals surface area contributed by atoms with E-state index in [1.165, 1.54) is 12.1 Å². The molecule has 3 rings (SSSR count). The number of hydrogen-bond donors (Lipinski definition) is 1. The topological polar surface area (TPSA) is 98.1 Å². The Morgan fingerprint density at radius 3 is 3.05 bits per heavy atom. The van der Waals surface area contributed by atoms with E-state index in [1.807, 2.05) is 0 Å². The summed E-state index contributed by atoms with van der Waals surface area (Å²) in [6.07, 6.45) is 0.571. The predicted molar refractivity (Wildman–Crippen MR) is 70.3 cm³/mol. The van der Waals surface area contributed by atoms with E-state index in [0.29, 0.717) is 35.7 Å². The molecule has 0 amide bonds. The molecule has 1 aliphatic heterocycles. The number of aromatic nitrogens is 2. The van der Waals surface area contributed by atoms with Gasteiger partial charge in [0.1, 0.15) is 5.82 Å². The van der Waals surface area contributed by atoms with Crippen LogP contribution in [-0.2, 0) is 17.8 Å². The van der Waals surface area contributed by atoms with E-state index in [2.05, 4.69) is 9.97 Å². The molecule has 1 N–H and O–H groups in total. The maximum Gasteiger partial charge on any atom is 0.270 e. The SMILES string of the molecule is O=c1[nH]c(-c2cccc([N+](=O)[O-])c2)nc2c1COCC2. The van der Waals surface area contributed by atoms with Crippen molar-refractivity contribution in [2.75, 3.05) is 6.61 Å². The van der Waals surface area contributed by atoms with Crippen molar-refractivity contribution in [1.29, 1.82) is 0 Å². The van der Waals surface area contributed by atoms with Crippen molar-refractivity contribution in [2.45, 2.75) is 13.0 Å². The number of nitrogens with zero attached hydrogens (tertiary/aromatic N) is 2. The van der Waals surface area contributed by atoms with Crippen LogP contribution >= 0.6 is 0 Å². The van der Waals surface area contributed by atoms with Crippen molar-refractivity contribution >= 4 is 5.69 Å². The molecule has 0 saturated heterocycles. The Morgan fingerprint density at radius 2 is 2.25 bits per heavy atom. The molecule has 0 bridgehead atoms. The van der Waals surface area contributed by atoms with Crippen LogP contribution in [0.5, 0.6) is 0 Å². The van der Waals surface area contributed by atoms with Crippen LogP contribution in [0, 0.1) is 10.1 Å². The maximum atomic E-state index is 12.0. The fourth-order valence-electron chi connectivity index (χ4n) is 2.15. The molecule has 1 aromatic heterocycles. The highest BCUT2D eigenvalue weighted by Crippen LogP contribution is 2.21. The molecule has 0 spiro atoms. The number of rotatable bonds is 2. The summed E-state index contributed by atoms with van der Waals surface area (Å²) < 4.78 is 5.22. The second-order valence-electron chi connectivity index (χ2n) is 4.45. The first-order chi connectivity index (χ1) is 9.65. The molecule has 0 unspecified atom stereocenters. The van der Waals surface area contributed by atoms with Crippen LogP contribution in [0.4, 0.5) is 5.69 Å². The second kappa shape index (κ2) is 4.86. The molecule has 1 aliphatic rings. The van der Waals surface area contributed by atoms with Gasteiger partial charge in [-0.2, -0.15) is 0 Å². The van der Waals surface area contributed by atoms with E-state index in [-0.39, 0.29) is 17.9 Å². The molecule has 102 valence electrons. The van der Waals surface area contributed by atoms with E-state index in [1.54, 1.807) is 12.1 Å². The van der Waals surface area contributed by atoms with Crippen LogP contribution in [0.3, 0.4) is 0 Å². The Bertz CT molecular complexity index is 739. The maximum absolute atomic E-state index is 12.0. The molecule has 1 aromatic carbocycles. The molecule has 7 nitrogen and oxygen atoms in total. The summed E-state index contributed by atoms with van der Waals surface area (Å²) >= 11 is 0. The highest BCUT2D eigenvalue weighted by Gasteiger charge is 2.17. The zero-order chi connectivity index (χ0) is 14.1. The van der Waals surface area contributed by atoms with Gasteiger partial charge in [-0.15, -0.1) is 0 Å². The summed E-state index contributed by atoms with van der Waals surface area (Å²) in [6.45, 7) is 0.782. The van der Waals surface area contributed by atoms with Crippen LogP contribution in [0.2, 0.25) is 0 Å². The minimum atomic E-state index is -0.478. The molecule has 7 heteroatoms. The molecule has 20 heavy (non-hydrogen) atoms. The lowest BCUT2D eigenvalue weighted by molar-refractivity contribution is -0.384. The molecule has 2 aromatic rings. The number of benzene rings is 1. The fourth-order valence-corrected chi connectivity index (χ4v) is 2.15. The summed E-state index contributed by atoms with van der Waals surface area (Å²) in [7, 11) is 0. The predicted octanol–water partition coefficient (Wildman–Crippen LogP) is 1.42. The number of non-ortho nitro benzene ring substituents is 1. The normalized spacial score (nSPS) is 13.8. The van der Waals surface area contributed by atoms with E-state index in [4.69, 9.17) is 4.74 Å². The molecular weight excluding hydrogens is 262 g/mol.